The number of amides is 1. The highest BCUT2D eigenvalue weighted by Gasteiger charge is 2.48. The Hall–Kier alpha value is -3.77. The zero-order valence-electron chi connectivity index (χ0n) is 18.1. The third-order valence-corrected chi connectivity index (χ3v) is 5.04. The second kappa shape index (κ2) is 10.9. The fraction of sp³-hybridized carbons (Fsp3) is 0.450. The van der Waals surface area contributed by atoms with Crippen molar-refractivity contribution in [1.82, 2.24) is 4.90 Å². The van der Waals surface area contributed by atoms with E-state index in [-0.39, 0.29) is 11.1 Å². The van der Waals surface area contributed by atoms with Crippen LogP contribution in [-0.2, 0) is 14.3 Å². The normalized spacial score (nSPS) is 24.7. The summed E-state index contributed by atoms with van der Waals surface area (Å²) in [6.45, 7) is 3.99. The molecule has 1 amide bonds. The number of aliphatic hydroxyl groups is 3. The number of carboxylic acids is 1. The number of benzene rings is 1. The molecular weight excluding hydrogens is 458 g/mol. The van der Waals surface area contributed by atoms with E-state index in [1.807, 2.05) is 0 Å². The Labute approximate surface area is 192 Å². The Kier molecular flexibility index (Phi) is 8.49. The molecule has 0 saturated carbocycles. The van der Waals surface area contributed by atoms with Gasteiger partial charge in [0.2, 0.25) is 12.0 Å². The number of rotatable bonds is 8. The summed E-state index contributed by atoms with van der Waals surface area (Å²) in [5, 5.41) is 70.0. The van der Waals surface area contributed by atoms with Crippen LogP contribution in [0.1, 0.15) is 19.4 Å². The van der Waals surface area contributed by atoms with Gasteiger partial charge in [0.25, 0.3) is 5.91 Å². The largest absolute Gasteiger partial charge is 0.500 e. The number of carbonyl (C=O) groups excluding carboxylic acids is 1. The highest BCUT2D eigenvalue weighted by Crippen LogP contribution is 2.39. The molecule has 0 aliphatic carbocycles. The number of aromatic hydroxyl groups is 1. The fourth-order valence-electron chi connectivity index (χ4n) is 3.19. The number of nitrogens with zero attached hydrogens (tertiary/aromatic N) is 3. The van der Waals surface area contributed by atoms with Crippen LogP contribution in [0.4, 0.5) is 5.69 Å². The third-order valence-electron chi connectivity index (χ3n) is 5.04. The van der Waals surface area contributed by atoms with E-state index >= 15 is 0 Å². The minimum atomic E-state index is -2.02. The minimum absolute atomic E-state index is 0.114. The molecule has 1 aliphatic heterocycles. The molecule has 184 valence electrons. The second-order valence-corrected chi connectivity index (χ2v) is 7.14. The number of ether oxygens (including phenoxy) is 2. The Morgan fingerprint density at radius 3 is 2.35 bits per heavy atom. The molecule has 0 spiro atoms. The van der Waals surface area contributed by atoms with Gasteiger partial charge in [-0.3, -0.25) is 14.9 Å². The number of likely N-dealkylation sites (N-methyl/N-ethyl adjacent to an activating group) is 1. The van der Waals surface area contributed by atoms with E-state index in [0.717, 1.165) is 18.2 Å². The summed E-state index contributed by atoms with van der Waals surface area (Å²) in [7, 11) is 0. The number of aliphatic hydroxyl groups excluding tert-OH is 3. The summed E-state index contributed by atoms with van der Waals surface area (Å²) in [5.41, 5.74) is -1.37. The Balaban J connectivity index is 2.51. The number of hydrogen-bond donors (Lipinski definition) is 5. The van der Waals surface area contributed by atoms with Gasteiger partial charge in [-0.15, -0.1) is 0 Å². The van der Waals surface area contributed by atoms with Gasteiger partial charge in [0, 0.05) is 19.2 Å². The Bertz CT molecular complexity index is 1030. The van der Waals surface area contributed by atoms with E-state index in [1.54, 1.807) is 19.9 Å². The molecule has 1 saturated heterocycles. The van der Waals surface area contributed by atoms with Gasteiger partial charge in [0.1, 0.15) is 30.0 Å². The molecule has 1 aromatic carbocycles. The van der Waals surface area contributed by atoms with E-state index in [4.69, 9.17) is 14.6 Å². The van der Waals surface area contributed by atoms with E-state index in [9.17, 15) is 45.4 Å². The third kappa shape index (κ3) is 5.41. The first-order valence-electron chi connectivity index (χ1n) is 9.98. The van der Waals surface area contributed by atoms with Gasteiger partial charge < -0.3 is 39.9 Å². The number of nitriles is 1. The molecule has 0 unspecified atom stereocenters. The van der Waals surface area contributed by atoms with Crippen LogP contribution in [0.15, 0.2) is 17.7 Å². The number of phenolic OH excluding ortho intramolecular Hbond substituents is 1. The zero-order chi connectivity index (χ0) is 25.7. The lowest BCUT2D eigenvalue weighted by Gasteiger charge is -2.38. The number of aliphatic carboxylic acids is 1. The molecule has 14 heteroatoms. The highest BCUT2D eigenvalue weighted by atomic mass is 16.7. The van der Waals surface area contributed by atoms with Crippen molar-refractivity contribution >= 4 is 23.6 Å². The minimum Gasteiger partial charge on any atom is -0.500 e. The lowest BCUT2D eigenvalue weighted by atomic mass is 9.99. The van der Waals surface area contributed by atoms with Gasteiger partial charge in [-0.1, -0.05) is 0 Å². The van der Waals surface area contributed by atoms with E-state index in [2.05, 4.69) is 0 Å². The number of phenols is 1. The monoisotopic (exact) mass is 481 g/mol. The van der Waals surface area contributed by atoms with Crippen molar-refractivity contribution in [2.45, 2.75) is 44.6 Å². The molecule has 5 N–H and O–H groups in total. The average Bonchev–Trinajstić information content (AvgIpc) is 2.79. The van der Waals surface area contributed by atoms with Gasteiger partial charge in [-0.2, -0.15) is 5.26 Å². The zero-order valence-corrected chi connectivity index (χ0v) is 18.1. The molecule has 14 nitrogen and oxygen atoms in total. The number of carbonyl (C=O) groups is 2. The van der Waals surface area contributed by atoms with Crippen LogP contribution in [0.5, 0.6) is 11.5 Å². The lowest BCUT2D eigenvalue weighted by molar-refractivity contribution is -0.386. The Morgan fingerprint density at radius 1 is 1.24 bits per heavy atom. The van der Waals surface area contributed by atoms with E-state index in [0.29, 0.717) is 13.1 Å². The van der Waals surface area contributed by atoms with E-state index < -0.39 is 64.7 Å². The van der Waals surface area contributed by atoms with Crippen LogP contribution < -0.4 is 4.74 Å². The number of hydrogen-bond acceptors (Lipinski definition) is 11. The maximum absolute atomic E-state index is 12.5. The maximum atomic E-state index is 12.5. The van der Waals surface area contributed by atoms with Crippen molar-refractivity contribution < 1.29 is 49.5 Å². The summed E-state index contributed by atoms with van der Waals surface area (Å²) < 4.78 is 10.2. The van der Waals surface area contributed by atoms with Gasteiger partial charge in [-0.05, 0) is 31.6 Å². The summed E-state index contributed by atoms with van der Waals surface area (Å²) in [6, 6.07) is 3.56. The molecule has 0 radical (unpaired) electrons. The quantitative estimate of drug-likeness (QED) is 0.135. The van der Waals surface area contributed by atoms with Gasteiger partial charge in [-0.25, -0.2) is 4.79 Å². The predicted octanol–water partition coefficient (Wildman–Crippen LogP) is -0.653. The van der Waals surface area contributed by atoms with Crippen molar-refractivity contribution in [3.63, 3.8) is 0 Å². The molecule has 0 aromatic heterocycles. The van der Waals surface area contributed by atoms with E-state index in [1.165, 1.54) is 4.90 Å². The highest BCUT2D eigenvalue weighted by molar-refractivity contribution is 6.01. The van der Waals surface area contributed by atoms with Gasteiger partial charge in [0.05, 0.1) is 4.92 Å². The molecular formula is C20H23N3O11. The molecule has 5 atom stereocenters. The van der Waals surface area contributed by atoms with Crippen molar-refractivity contribution in [2.24, 2.45) is 0 Å². The molecule has 1 heterocycles. The summed E-state index contributed by atoms with van der Waals surface area (Å²) in [6.07, 6.45) is -8.97. The summed E-state index contributed by atoms with van der Waals surface area (Å²) in [4.78, 5) is 35.5. The van der Waals surface area contributed by atoms with Gasteiger partial charge in [0.15, 0.2) is 11.9 Å². The number of nitro groups is 1. The number of carboxylic acid groups (broad SMARTS) is 1. The first-order chi connectivity index (χ1) is 16.0. The van der Waals surface area contributed by atoms with Crippen LogP contribution in [-0.4, -0.2) is 91.0 Å². The average molecular weight is 481 g/mol. The lowest BCUT2D eigenvalue weighted by Crippen LogP contribution is -2.61. The van der Waals surface area contributed by atoms with Gasteiger partial charge >= 0.3 is 11.7 Å². The molecule has 34 heavy (non-hydrogen) atoms. The molecule has 0 bridgehead atoms. The molecule has 1 aliphatic rings. The Morgan fingerprint density at radius 2 is 1.85 bits per heavy atom. The molecule has 2 rings (SSSR count). The van der Waals surface area contributed by atoms with Crippen molar-refractivity contribution in [2.75, 3.05) is 13.1 Å². The number of nitro benzene ring substituents is 1. The van der Waals surface area contributed by atoms with Crippen LogP contribution in [0.25, 0.3) is 6.08 Å². The smallest absolute Gasteiger partial charge is 0.335 e. The van der Waals surface area contributed by atoms with Crippen LogP contribution in [0.3, 0.4) is 0 Å². The second-order valence-electron chi connectivity index (χ2n) is 7.14. The molecule has 1 aromatic rings. The van der Waals surface area contributed by atoms with Crippen molar-refractivity contribution in [3.8, 4) is 17.6 Å². The van der Waals surface area contributed by atoms with Crippen molar-refractivity contribution in [1.29, 1.82) is 5.26 Å². The topological polar surface area (TPSA) is 224 Å². The first kappa shape index (κ1) is 26.5. The molecule has 1 fully saturated rings. The standard InChI is InChI=1S/C20H23N3O11/c1-3-22(4-2)18(28)10(8-21)5-9-6-11(23(31)32)13(24)12(7-9)33-20-16(27)14(25)15(26)17(34-20)19(29)30/h5-7,14-17,20,24-27H,3-4H2,1-2H3,(H,29,30)/b10-5-/t14-,15-,16-,17+,20+/m0/s1. The maximum Gasteiger partial charge on any atom is 0.335 e. The fourth-order valence-corrected chi connectivity index (χ4v) is 3.19. The summed E-state index contributed by atoms with van der Waals surface area (Å²) >= 11 is 0. The predicted molar refractivity (Wildman–Crippen MR) is 111 cm³/mol. The van der Waals surface area contributed by atoms with Crippen molar-refractivity contribution in [3.05, 3.63) is 33.4 Å². The SMILES string of the molecule is CCN(CC)C(=O)/C(C#N)=C\c1cc(O[C@@H]2O[C@@H](C(=O)O)[C@@H](O)[C@H](O)[C@@H]2O)c(O)c([N+](=O)[O-])c1. The van der Waals surface area contributed by atoms with Crippen LogP contribution in [0.2, 0.25) is 0 Å². The van der Waals surface area contributed by atoms with Crippen LogP contribution in [0, 0.1) is 21.4 Å². The first-order valence-corrected chi connectivity index (χ1v) is 9.98. The summed E-state index contributed by atoms with van der Waals surface area (Å²) in [5.74, 6) is -4.03. The van der Waals surface area contributed by atoms with Crippen LogP contribution >= 0.6 is 0 Å².